The van der Waals surface area contributed by atoms with Gasteiger partial charge in [-0.25, -0.2) is 0 Å². The monoisotopic (exact) mass is 1090 g/mol. The zero-order valence-electron chi connectivity index (χ0n) is 17.4. The van der Waals surface area contributed by atoms with E-state index in [9.17, 15) is 0 Å². The summed E-state index contributed by atoms with van der Waals surface area (Å²) in [5.74, 6) is 0.948. The van der Waals surface area contributed by atoms with E-state index >= 15 is 0 Å². The Labute approximate surface area is 264 Å². The molecule has 164 valence electrons. The van der Waals surface area contributed by atoms with Crippen LogP contribution in [0.1, 0.15) is 37.5 Å². The van der Waals surface area contributed by atoms with Gasteiger partial charge in [0.2, 0.25) is 0 Å². The molecule has 0 saturated heterocycles. The van der Waals surface area contributed by atoms with Crippen LogP contribution in [-0.2, 0) is 12.0 Å². The molecule has 0 bridgehead atoms. The lowest BCUT2D eigenvalue weighted by molar-refractivity contribution is -0.598. The van der Waals surface area contributed by atoms with Gasteiger partial charge in [-0.05, 0) is 161 Å². The topological polar surface area (TPSA) is 9.23 Å². The summed E-state index contributed by atoms with van der Waals surface area (Å²) in [7, 11) is 0. The maximum Gasteiger partial charge on any atom is 0.358 e. The van der Waals surface area contributed by atoms with Crippen LogP contribution in [-0.4, -0.2) is 0 Å². The van der Waals surface area contributed by atoms with Gasteiger partial charge in [0.25, 0.3) is 0 Å². The predicted octanol–water partition coefficient (Wildman–Crippen LogP) is 6.02. The van der Waals surface area contributed by atoms with Crippen molar-refractivity contribution >= 4 is 113 Å². The number of hydrogen-bond donors (Lipinski definition) is 0. The van der Waals surface area contributed by atoms with Gasteiger partial charge in [0.05, 0.1) is 0 Å². The minimum Gasteiger partial charge on any atom is -0.489 e. The Kier molecular flexibility index (Phi) is 10.4. The summed E-state index contributed by atoms with van der Waals surface area (Å²) in [5, 5.41) is 0. The molecule has 0 atom stereocenters. The molecule has 0 radical (unpaired) electrons. The van der Waals surface area contributed by atoms with Gasteiger partial charge < -0.3 is 4.74 Å². The number of hydrogen-bond acceptors (Lipinski definition) is 1. The number of ether oxygens (including phenoxy) is 1. The fraction of sp³-hybridized carbons (Fsp3) is 0.250. The lowest BCUT2D eigenvalue weighted by Crippen LogP contribution is -3.61. The Morgan fingerprint density at radius 1 is 0.774 bits per heavy atom. The second kappa shape index (κ2) is 11.7. The SMILES string of the molecule is Cc1cc(OCc2c(I)c(I)c(I)c(I)c2I)ccc1[I+]c1ccc(C(C)(C)C)cc1. The van der Waals surface area contributed by atoms with Crippen LogP contribution in [0.25, 0.3) is 0 Å². The van der Waals surface area contributed by atoms with E-state index in [1.807, 2.05) is 0 Å². The highest BCUT2D eigenvalue weighted by Crippen LogP contribution is 2.34. The highest BCUT2D eigenvalue weighted by Gasteiger charge is 2.21. The van der Waals surface area contributed by atoms with Crippen LogP contribution in [0.3, 0.4) is 0 Å². The highest BCUT2D eigenvalue weighted by molar-refractivity contribution is 14.1. The molecular formula is C24H21I6O+. The molecular weight excluding hydrogens is 1070 g/mol. The average molecular weight is 1090 g/mol. The molecule has 7 heteroatoms. The molecule has 0 fully saturated rings. The number of aryl methyl sites for hydroxylation is 1. The maximum absolute atomic E-state index is 6.24. The molecule has 0 spiro atoms. The Morgan fingerprint density at radius 2 is 1.32 bits per heavy atom. The standard InChI is InChI=1S/C24H21I6O/c1-13-11-16(31-12-17-19(25)21(27)23(29)22(28)20(17)26)9-10-18(13)30-15-7-5-14(6-8-15)24(2,3)4/h5-11H,12H2,1-4H3/q+1. The molecule has 3 rings (SSSR count). The molecule has 31 heavy (non-hydrogen) atoms. The van der Waals surface area contributed by atoms with Gasteiger partial charge in [0.15, 0.2) is 7.14 Å². The van der Waals surface area contributed by atoms with Gasteiger partial charge >= 0.3 is 21.2 Å². The first-order valence-corrected chi connectivity index (χ1v) is 17.0. The molecule has 0 heterocycles. The summed E-state index contributed by atoms with van der Waals surface area (Å²) in [6.07, 6.45) is 0. The summed E-state index contributed by atoms with van der Waals surface area (Å²) in [6, 6.07) is 15.8. The van der Waals surface area contributed by atoms with Crippen molar-refractivity contribution in [1.29, 1.82) is 0 Å². The maximum atomic E-state index is 6.24. The summed E-state index contributed by atoms with van der Waals surface area (Å²) < 4.78 is 15.7. The third-order valence-electron chi connectivity index (χ3n) is 4.73. The smallest absolute Gasteiger partial charge is 0.358 e. The van der Waals surface area contributed by atoms with Gasteiger partial charge in [0, 0.05) is 29.0 Å². The molecule has 0 unspecified atom stereocenters. The molecule has 0 saturated carbocycles. The molecule has 3 aromatic carbocycles. The third kappa shape index (κ3) is 6.96. The van der Waals surface area contributed by atoms with Crippen molar-refractivity contribution in [2.75, 3.05) is 0 Å². The van der Waals surface area contributed by atoms with E-state index < -0.39 is 0 Å². The fourth-order valence-electron chi connectivity index (χ4n) is 2.88. The summed E-state index contributed by atoms with van der Waals surface area (Å²) in [4.78, 5) is 0. The molecule has 3 aromatic rings. The lowest BCUT2D eigenvalue weighted by Gasteiger charge is -2.18. The van der Waals surface area contributed by atoms with E-state index in [0.717, 1.165) is 5.75 Å². The van der Waals surface area contributed by atoms with Crippen LogP contribution in [0, 0.1) is 31.9 Å². The Bertz CT molecular complexity index is 1070. The average Bonchev–Trinajstić information content (AvgIpc) is 2.72. The molecule has 0 aromatic heterocycles. The van der Waals surface area contributed by atoms with Crippen molar-refractivity contribution in [1.82, 2.24) is 0 Å². The van der Waals surface area contributed by atoms with Crippen LogP contribution < -0.4 is 25.9 Å². The quantitative estimate of drug-likeness (QED) is 0.173. The lowest BCUT2D eigenvalue weighted by atomic mass is 9.87. The first-order chi connectivity index (χ1) is 14.5. The van der Waals surface area contributed by atoms with E-state index in [2.05, 4.69) is 183 Å². The summed E-state index contributed by atoms with van der Waals surface area (Å²) in [6.45, 7) is 9.59. The van der Waals surface area contributed by atoms with E-state index in [0.29, 0.717) is 6.61 Å². The molecule has 0 N–H and O–H groups in total. The van der Waals surface area contributed by atoms with E-state index in [1.165, 1.54) is 41.7 Å². The molecule has 0 aliphatic carbocycles. The zero-order valence-corrected chi connectivity index (χ0v) is 30.4. The third-order valence-corrected chi connectivity index (χ3v) is 17.6. The molecule has 1 nitrogen and oxygen atoms in total. The Balaban J connectivity index is 1.73. The summed E-state index contributed by atoms with van der Waals surface area (Å²) in [5.41, 5.74) is 4.20. The van der Waals surface area contributed by atoms with Gasteiger partial charge in [-0.3, -0.25) is 0 Å². The number of rotatable bonds is 5. The van der Waals surface area contributed by atoms with Crippen LogP contribution >= 0.6 is 113 Å². The van der Waals surface area contributed by atoms with E-state index in [1.54, 1.807) is 0 Å². The highest BCUT2D eigenvalue weighted by atomic mass is 127. The fourth-order valence-corrected chi connectivity index (χ4v) is 10.4. The van der Waals surface area contributed by atoms with Gasteiger partial charge in [-0.1, -0.05) is 32.9 Å². The zero-order chi connectivity index (χ0) is 22.9. The van der Waals surface area contributed by atoms with Crippen LogP contribution in [0.2, 0.25) is 0 Å². The Morgan fingerprint density at radius 3 is 1.84 bits per heavy atom. The molecule has 0 aliphatic rings. The van der Waals surface area contributed by atoms with Crippen molar-refractivity contribution in [3.63, 3.8) is 0 Å². The van der Waals surface area contributed by atoms with Crippen LogP contribution in [0.15, 0.2) is 42.5 Å². The first kappa shape index (κ1) is 27.4. The van der Waals surface area contributed by atoms with Gasteiger partial charge in [0.1, 0.15) is 12.4 Å². The largest absolute Gasteiger partial charge is 0.489 e. The number of halogens is 6. The van der Waals surface area contributed by atoms with Gasteiger partial charge in [-0.2, -0.15) is 0 Å². The normalized spacial score (nSPS) is 11.6. The second-order valence-electron chi connectivity index (χ2n) is 8.10. The van der Waals surface area contributed by atoms with Crippen molar-refractivity contribution in [3.8, 4) is 5.75 Å². The predicted molar refractivity (Wildman–Crippen MR) is 168 cm³/mol. The Hall–Kier alpha value is 1.84. The number of benzene rings is 3. The van der Waals surface area contributed by atoms with E-state index in [4.69, 9.17) is 4.74 Å². The summed E-state index contributed by atoms with van der Waals surface area (Å²) >= 11 is 12.0. The van der Waals surface area contributed by atoms with Crippen molar-refractivity contribution in [2.45, 2.75) is 39.7 Å². The van der Waals surface area contributed by atoms with Crippen molar-refractivity contribution in [2.24, 2.45) is 0 Å². The minimum atomic E-state index is -0.194. The molecule has 0 amide bonds. The van der Waals surface area contributed by atoms with Crippen molar-refractivity contribution < 1.29 is 25.9 Å². The van der Waals surface area contributed by atoms with Crippen molar-refractivity contribution in [3.05, 3.63) is 84.1 Å². The minimum absolute atomic E-state index is 0.194. The first-order valence-electron chi connectivity index (χ1n) is 9.48. The second-order valence-corrected chi connectivity index (χ2v) is 16.4. The van der Waals surface area contributed by atoms with E-state index in [-0.39, 0.29) is 26.6 Å². The van der Waals surface area contributed by atoms with Crippen LogP contribution in [0.5, 0.6) is 5.75 Å². The van der Waals surface area contributed by atoms with Crippen LogP contribution in [0.4, 0.5) is 0 Å². The molecule has 0 aliphatic heterocycles. The van der Waals surface area contributed by atoms with Gasteiger partial charge in [-0.15, -0.1) is 0 Å².